The average molecular weight is 269 g/mol. The van der Waals surface area contributed by atoms with Gasteiger partial charge in [0.2, 0.25) is 0 Å². The van der Waals surface area contributed by atoms with Crippen LogP contribution in [0.25, 0.3) is 0 Å². The Morgan fingerprint density at radius 1 is 1.15 bits per heavy atom. The molecule has 106 valence electrons. The molecule has 0 aliphatic rings. The smallest absolute Gasteiger partial charge is 0.0602 e. The summed E-state index contributed by atoms with van der Waals surface area (Å²) in [5.74, 6) is 0. The molecule has 1 aromatic carbocycles. The molecule has 0 saturated carbocycles. The summed E-state index contributed by atoms with van der Waals surface area (Å²) in [7, 11) is 0. The Bertz CT molecular complexity index is 546. The van der Waals surface area contributed by atoms with Gasteiger partial charge in [-0.3, -0.25) is 4.98 Å². The minimum atomic E-state index is 0.0811. The number of hydrogen-bond donors (Lipinski definition) is 1. The summed E-state index contributed by atoms with van der Waals surface area (Å²) >= 11 is 0. The first-order valence-corrected chi connectivity index (χ1v) is 7.13. The van der Waals surface area contributed by atoms with E-state index in [0.29, 0.717) is 0 Å². The van der Waals surface area contributed by atoms with E-state index < -0.39 is 0 Å². The molecule has 1 heterocycles. The third kappa shape index (κ3) is 3.58. The highest BCUT2D eigenvalue weighted by Gasteiger charge is 2.07. The van der Waals surface area contributed by atoms with Gasteiger partial charge >= 0.3 is 0 Å². The number of anilines is 1. The molecule has 0 saturated heterocycles. The predicted molar refractivity (Wildman–Crippen MR) is 84.7 cm³/mol. The Balaban J connectivity index is 2.15. The SMILES string of the molecule is CCN(Cc1cccc(C)n1)c1ccc(C(C)N)cc1. The molecule has 0 fully saturated rings. The number of aryl methyl sites for hydroxylation is 1. The summed E-state index contributed by atoms with van der Waals surface area (Å²) in [6, 6.07) is 14.7. The normalized spacial score (nSPS) is 12.2. The highest BCUT2D eigenvalue weighted by Crippen LogP contribution is 2.19. The van der Waals surface area contributed by atoms with Crippen molar-refractivity contribution in [1.29, 1.82) is 0 Å². The van der Waals surface area contributed by atoms with E-state index in [1.165, 1.54) is 11.3 Å². The maximum absolute atomic E-state index is 5.89. The zero-order chi connectivity index (χ0) is 14.5. The van der Waals surface area contributed by atoms with Gasteiger partial charge in [0.25, 0.3) is 0 Å². The van der Waals surface area contributed by atoms with Crippen LogP contribution in [0.2, 0.25) is 0 Å². The number of nitrogens with zero attached hydrogens (tertiary/aromatic N) is 2. The zero-order valence-corrected chi connectivity index (χ0v) is 12.5. The minimum absolute atomic E-state index is 0.0811. The summed E-state index contributed by atoms with van der Waals surface area (Å²) in [6.07, 6.45) is 0. The second kappa shape index (κ2) is 6.53. The molecule has 0 aliphatic heterocycles. The second-order valence-electron chi connectivity index (χ2n) is 5.16. The Labute approximate surface area is 121 Å². The Morgan fingerprint density at radius 3 is 2.40 bits per heavy atom. The third-order valence-electron chi connectivity index (χ3n) is 3.46. The van der Waals surface area contributed by atoms with Gasteiger partial charge in [0.15, 0.2) is 0 Å². The van der Waals surface area contributed by atoms with Crippen LogP contribution in [-0.2, 0) is 6.54 Å². The first-order chi connectivity index (χ1) is 9.60. The topological polar surface area (TPSA) is 42.2 Å². The monoisotopic (exact) mass is 269 g/mol. The molecule has 1 aromatic heterocycles. The average Bonchev–Trinajstić information content (AvgIpc) is 2.45. The molecule has 3 heteroatoms. The van der Waals surface area contributed by atoms with Gasteiger partial charge in [-0.1, -0.05) is 18.2 Å². The molecule has 0 radical (unpaired) electrons. The van der Waals surface area contributed by atoms with Gasteiger partial charge in [-0.2, -0.15) is 0 Å². The lowest BCUT2D eigenvalue weighted by molar-refractivity contribution is 0.798. The van der Waals surface area contributed by atoms with Gasteiger partial charge in [-0.05, 0) is 50.6 Å². The van der Waals surface area contributed by atoms with Crippen molar-refractivity contribution in [2.75, 3.05) is 11.4 Å². The van der Waals surface area contributed by atoms with Crippen molar-refractivity contribution < 1.29 is 0 Å². The van der Waals surface area contributed by atoms with Crippen LogP contribution in [0.3, 0.4) is 0 Å². The van der Waals surface area contributed by atoms with E-state index >= 15 is 0 Å². The van der Waals surface area contributed by atoms with Crippen molar-refractivity contribution in [3.8, 4) is 0 Å². The van der Waals surface area contributed by atoms with E-state index in [0.717, 1.165) is 24.5 Å². The maximum Gasteiger partial charge on any atom is 0.0602 e. The van der Waals surface area contributed by atoms with Crippen molar-refractivity contribution in [2.45, 2.75) is 33.4 Å². The van der Waals surface area contributed by atoms with Crippen LogP contribution in [0.4, 0.5) is 5.69 Å². The quantitative estimate of drug-likeness (QED) is 0.904. The summed E-state index contributed by atoms with van der Waals surface area (Å²) in [6.45, 7) is 7.97. The number of hydrogen-bond acceptors (Lipinski definition) is 3. The van der Waals surface area contributed by atoms with E-state index in [9.17, 15) is 0 Å². The molecule has 0 aliphatic carbocycles. The summed E-state index contributed by atoms with van der Waals surface area (Å²) in [4.78, 5) is 6.88. The van der Waals surface area contributed by atoms with E-state index in [2.05, 4.69) is 53.2 Å². The lowest BCUT2D eigenvalue weighted by Crippen LogP contribution is -2.22. The van der Waals surface area contributed by atoms with Gasteiger partial charge in [0, 0.05) is 24.0 Å². The molecule has 2 N–H and O–H groups in total. The van der Waals surface area contributed by atoms with E-state index in [4.69, 9.17) is 5.73 Å². The van der Waals surface area contributed by atoms with Gasteiger partial charge < -0.3 is 10.6 Å². The standard InChI is InChI=1S/C17H23N3/c1-4-20(12-16-7-5-6-13(2)19-16)17-10-8-15(9-11-17)14(3)18/h5-11,14H,4,12,18H2,1-3H3. The lowest BCUT2D eigenvalue weighted by Gasteiger charge is -2.23. The summed E-state index contributed by atoms with van der Waals surface area (Å²) < 4.78 is 0. The number of nitrogens with two attached hydrogens (primary N) is 1. The fourth-order valence-corrected chi connectivity index (χ4v) is 2.26. The first-order valence-electron chi connectivity index (χ1n) is 7.13. The predicted octanol–water partition coefficient (Wildman–Crippen LogP) is 3.44. The molecule has 3 nitrogen and oxygen atoms in total. The van der Waals surface area contributed by atoms with Crippen LogP contribution < -0.4 is 10.6 Å². The molecule has 1 unspecified atom stereocenters. The van der Waals surface area contributed by atoms with E-state index in [-0.39, 0.29) is 6.04 Å². The molecule has 1 atom stereocenters. The maximum atomic E-state index is 5.89. The van der Waals surface area contributed by atoms with Crippen molar-refractivity contribution in [3.63, 3.8) is 0 Å². The lowest BCUT2D eigenvalue weighted by atomic mass is 10.1. The molecular formula is C17H23N3. The number of rotatable bonds is 5. The van der Waals surface area contributed by atoms with Gasteiger partial charge in [0.05, 0.1) is 12.2 Å². The van der Waals surface area contributed by atoms with Crippen molar-refractivity contribution in [2.24, 2.45) is 5.73 Å². The van der Waals surface area contributed by atoms with Crippen LogP contribution in [0.1, 0.15) is 36.8 Å². The largest absolute Gasteiger partial charge is 0.366 e. The highest BCUT2D eigenvalue weighted by atomic mass is 15.1. The van der Waals surface area contributed by atoms with Gasteiger partial charge in [-0.15, -0.1) is 0 Å². The van der Waals surface area contributed by atoms with Crippen LogP contribution in [0.5, 0.6) is 0 Å². The third-order valence-corrected chi connectivity index (χ3v) is 3.46. The second-order valence-corrected chi connectivity index (χ2v) is 5.16. The molecule has 2 aromatic rings. The summed E-state index contributed by atoms with van der Waals surface area (Å²) in [5.41, 5.74) is 10.4. The minimum Gasteiger partial charge on any atom is -0.366 e. The van der Waals surface area contributed by atoms with Crippen molar-refractivity contribution in [3.05, 3.63) is 59.4 Å². The van der Waals surface area contributed by atoms with Crippen LogP contribution in [0.15, 0.2) is 42.5 Å². The fraction of sp³-hybridized carbons (Fsp3) is 0.353. The van der Waals surface area contributed by atoms with Crippen molar-refractivity contribution in [1.82, 2.24) is 4.98 Å². The van der Waals surface area contributed by atoms with Gasteiger partial charge in [0.1, 0.15) is 0 Å². The number of benzene rings is 1. The fourth-order valence-electron chi connectivity index (χ4n) is 2.26. The number of pyridine rings is 1. The van der Waals surface area contributed by atoms with E-state index in [1.807, 2.05) is 19.9 Å². The number of aromatic nitrogens is 1. The molecule has 20 heavy (non-hydrogen) atoms. The highest BCUT2D eigenvalue weighted by molar-refractivity contribution is 5.48. The molecular weight excluding hydrogens is 246 g/mol. The van der Waals surface area contributed by atoms with Crippen LogP contribution in [0, 0.1) is 6.92 Å². The molecule has 0 amide bonds. The van der Waals surface area contributed by atoms with Crippen molar-refractivity contribution >= 4 is 5.69 Å². The molecule has 0 spiro atoms. The molecule has 2 rings (SSSR count). The Kier molecular flexibility index (Phi) is 4.74. The Hall–Kier alpha value is -1.87. The summed E-state index contributed by atoms with van der Waals surface area (Å²) in [5, 5.41) is 0. The molecule has 0 bridgehead atoms. The van der Waals surface area contributed by atoms with Crippen LogP contribution >= 0.6 is 0 Å². The first kappa shape index (κ1) is 14.5. The van der Waals surface area contributed by atoms with Crippen LogP contribution in [-0.4, -0.2) is 11.5 Å². The van der Waals surface area contributed by atoms with Gasteiger partial charge in [-0.25, -0.2) is 0 Å². The zero-order valence-electron chi connectivity index (χ0n) is 12.5. The van der Waals surface area contributed by atoms with E-state index in [1.54, 1.807) is 0 Å². The Morgan fingerprint density at radius 2 is 1.85 bits per heavy atom.